The summed E-state index contributed by atoms with van der Waals surface area (Å²) in [6.07, 6.45) is 0. The Morgan fingerprint density at radius 1 is 1.35 bits per heavy atom. The van der Waals surface area contributed by atoms with Gasteiger partial charge in [0.05, 0.1) is 0 Å². The first kappa shape index (κ1) is 12.8. The van der Waals surface area contributed by atoms with E-state index in [0.717, 1.165) is 22.5 Å². The zero-order chi connectivity index (χ0) is 14.3. The van der Waals surface area contributed by atoms with Gasteiger partial charge < -0.3 is 9.64 Å². The van der Waals surface area contributed by atoms with Crippen LogP contribution < -0.4 is 0 Å². The minimum atomic E-state index is 0.0700. The highest BCUT2D eigenvalue weighted by atomic mass is 16.5. The van der Waals surface area contributed by atoms with E-state index in [-0.39, 0.29) is 5.91 Å². The van der Waals surface area contributed by atoms with Crippen LogP contribution >= 0.6 is 0 Å². The van der Waals surface area contributed by atoms with E-state index in [9.17, 15) is 4.79 Å². The predicted molar refractivity (Wildman–Crippen MR) is 72.9 cm³/mol. The minimum Gasteiger partial charge on any atom is -0.377 e. The molecule has 2 heterocycles. The van der Waals surface area contributed by atoms with E-state index in [2.05, 4.69) is 10.1 Å². The summed E-state index contributed by atoms with van der Waals surface area (Å²) >= 11 is 0. The van der Waals surface area contributed by atoms with Crippen molar-refractivity contribution in [3.05, 3.63) is 35.2 Å². The van der Waals surface area contributed by atoms with Gasteiger partial charge in [-0.25, -0.2) is 4.98 Å². The van der Waals surface area contributed by atoms with E-state index in [1.54, 1.807) is 23.7 Å². The maximum atomic E-state index is 11.9. The second-order valence-electron chi connectivity index (χ2n) is 4.94. The third-order valence-corrected chi connectivity index (χ3v) is 3.47. The lowest BCUT2D eigenvalue weighted by molar-refractivity contribution is 0.0816. The van der Waals surface area contributed by atoms with Crippen LogP contribution in [0.25, 0.3) is 11.4 Å². The number of benzene rings is 1. The normalized spacial score (nSPS) is 13.9. The van der Waals surface area contributed by atoms with Crippen molar-refractivity contribution in [2.24, 2.45) is 7.05 Å². The summed E-state index contributed by atoms with van der Waals surface area (Å²) in [6, 6.07) is 5.73. The molecule has 1 amide bonds. The van der Waals surface area contributed by atoms with Crippen molar-refractivity contribution < 1.29 is 9.53 Å². The van der Waals surface area contributed by atoms with Gasteiger partial charge in [0.15, 0.2) is 11.6 Å². The second kappa shape index (κ2) is 4.72. The van der Waals surface area contributed by atoms with E-state index < -0.39 is 0 Å². The Morgan fingerprint density at radius 2 is 2.15 bits per heavy atom. The molecule has 6 nitrogen and oxygen atoms in total. The molecule has 0 unspecified atom stereocenters. The maximum Gasteiger partial charge on any atom is 0.254 e. The molecule has 0 fully saturated rings. The monoisotopic (exact) mass is 272 g/mol. The van der Waals surface area contributed by atoms with Crippen molar-refractivity contribution in [1.29, 1.82) is 0 Å². The highest BCUT2D eigenvalue weighted by molar-refractivity contribution is 5.98. The van der Waals surface area contributed by atoms with Gasteiger partial charge in [-0.1, -0.05) is 6.07 Å². The Balaban J connectivity index is 1.98. The average Bonchev–Trinajstić information content (AvgIpc) is 2.92. The van der Waals surface area contributed by atoms with Gasteiger partial charge >= 0.3 is 0 Å². The molecule has 0 saturated carbocycles. The number of hydrogen-bond donors (Lipinski definition) is 0. The highest BCUT2D eigenvalue weighted by Crippen LogP contribution is 2.26. The number of fused-ring (bicyclic) bond motifs is 1. The number of amides is 1. The lowest BCUT2D eigenvalue weighted by Gasteiger charge is -2.04. The summed E-state index contributed by atoms with van der Waals surface area (Å²) in [4.78, 5) is 18.0. The Kier molecular flexibility index (Phi) is 3.02. The van der Waals surface area contributed by atoms with Crippen molar-refractivity contribution in [3.8, 4) is 11.4 Å². The molecule has 0 bridgehead atoms. The fraction of sp³-hybridized carbons (Fsp3) is 0.357. The Labute approximate surface area is 117 Å². The zero-order valence-corrected chi connectivity index (χ0v) is 11.8. The first-order chi connectivity index (χ1) is 9.60. The van der Waals surface area contributed by atoms with Crippen LogP contribution in [0.2, 0.25) is 0 Å². The number of aryl methyl sites for hydroxylation is 1. The van der Waals surface area contributed by atoms with E-state index in [0.29, 0.717) is 19.0 Å². The lowest BCUT2D eigenvalue weighted by Crippen LogP contribution is -2.17. The van der Waals surface area contributed by atoms with Gasteiger partial charge in [-0.15, -0.1) is 0 Å². The van der Waals surface area contributed by atoms with Crippen molar-refractivity contribution in [3.63, 3.8) is 0 Å². The van der Waals surface area contributed by atoms with Gasteiger partial charge in [0.1, 0.15) is 6.61 Å². The summed E-state index contributed by atoms with van der Waals surface area (Å²) in [5.41, 5.74) is 2.71. The van der Waals surface area contributed by atoms with E-state index in [1.807, 2.05) is 25.2 Å². The third kappa shape index (κ3) is 1.98. The molecule has 2 aromatic rings. The van der Waals surface area contributed by atoms with Crippen LogP contribution in [0.1, 0.15) is 21.7 Å². The van der Waals surface area contributed by atoms with Crippen LogP contribution in [0.3, 0.4) is 0 Å². The molecule has 20 heavy (non-hydrogen) atoms. The highest BCUT2D eigenvalue weighted by Gasteiger charge is 2.24. The van der Waals surface area contributed by atoms with Crippen LogP contribution in [0.5, 0.6) is 0 Å². The molecule has 0 spiro atoms. The molecule has 3 rings (SSSR count). The first-order valence-electron chi connectivity index (χ1n) is 6.37. The van der Waals surface area contributed by atoms with Crippen LogP contribution in [-0.4, -0.2) is 39.7 Å². The Bertz CT molecular complexity index is 678. The van der Waals surface area contributed by atoms with Gasteiger partial charge in [0.2, 0.25) is 0 Å². The second-order valence-corrected chi connectivity index (χ2v) is 4.94. The van der Waals surface area contributed by atoms with Crippen molar-refractivity contribution in [2.75, 3.05) is 14.2 Å². The summed E-state index contributed by atoms with van der Waals surface area (Å²) in [5, 5.41) is 4.39. The first-order valence-corrected chi connectivity index (χ1v) is 6.37. The van der Waals surface area contributed by atoms with Crippen molar-refractivity contribution >= 4 is 5.91 Å². The van der Waals surface area contributed by atoms with E-state index >= 15 is 0 Å². The number of rotatable bonds is 3. The Morgan fingerprint density at radius 3 is 2.90 bits per heavy atom. The van der Waals surface area contributed by atoms with Crippen LogP contribution in [0.4, 0.5) is 0 Å². The van der Waals surface area contributed by atoms with Gasteiger partial charge in [-0.05, 0) is 17.7 Å². The average molecular weight is 272 g/mol. The van der Waals surface area contributed by atoms with Crippen LogP contribution in [0, 0.1) is 0 Å². The minimum absolute atomic E-state index is 0.0700. The zero-order valence-electron chi connectivity index (χ0n) is 11.8. The van der Waals surface area contributed by atoms with E-state index in [1.165, 1.54) is 0 Å². The smallest absolute Gasteiger partial charge is 0.254 e. The van der Waals surface area contributed by atoms with Gasteiger partial charge in [-0.2, -0.15) is 5.10 Å². The number of methoxy groups -OCH3 is 1. The molecule has 0 saturated heterocycles. The van der Waals surface area contributed by atoms with Gasteiger partial charge in [0, 0.05) is 38.9 Å². The molecule has 1 aromatic heterocycles. The van der Waals surface area contributed by atoms with Gasteiger partial charge in [0.25, 0.3) is 5.91 Å². The molecule has 104 valence electrons. The summed E-state index contributed by atoms with van der Waals surface area (Å²) in [5.74, 6) is 1.50. The molecular weight excluding hydrogens is 256 g/mol. The molecule has 1 aliphatic heterocycles. The standard InChI is InChI=1S/C14H16N4O2/c1-17-7-10-6-9(4-5-11(10)14(17)19)13-15-12(8-20-3)18(2)16-13/h4-6H,7-8H2,1-3H3. The number of carbonyl (C=O) groups is 1. The molecule has 6 heteroatoms. The molecule has 0 aliphatic carbocycles. The predicted octanol–water partition coefficient (Wildman–Crippen LogP) is 1.21. The number of nitrogens with zero attached hydrogens (tertiary/aromatic N) is 4. The fourth-order valence-corrected chi connectivity index (χ4v) is 2.40. The topological polar surface area (TPSA) is 60.2 Å². The molecule has 1 aromatic carbocycles. The number of carbonyl (C=O) groups excluding carboxylic acids is 1. The summed E-state index contributed by atoms with van der Waals surface area (Å²) in [7, 11) is 5.28. The summed E-state index contributed by atoms with van der Waals surface area (Å²) in [6.45, 7) is 1.06. The largest absolute Gasteiger partial charge is 0.377 e. The number of aromatic nitrogens is 3. The van der Waals surface area contributed by atoms with E-state index in [4.69, 9.17) is 4.74 Å². The quantitative estimate of drug-likeness (QED) is 0.842. The van der Waals surface area contributed by atoms with Crippen LogP contribution in [0.15, 0.2) is 18.2 Å². The molecule has 0 N–H and O–H groups in total. The summed E-state index contributed by atoms with van der Waals surface area (Å²) < 4.78 is 6.80. The van der Waals surface area contributed by atoms with Crippen molar-refractivity contribution in [1.82, 2.24) is 19.7 Å². The molecule has 0 atom stereocenters. The van der Waals surface area contributed by atoms with Gasteiger partial charge in [-0.3, -0.25) is 9.48 Å². The number of ether oxygens (including phenoxy) is 1. The third-order valence-electron chi connectivity index (χ3n) is 3.47. The van der Waals surface area contributed by atoms with Crippen molar-refractivity contribution in [2.45, 2.75) is 13.2 Å². The fourth-order valence-electron chi connectivity index (χ4n) is 2.40. The molecule has 1 aliphatic rings. The van der Waals surface area contributed by atoms with Crippen LogP contribution in [-0.2, 0) is 24.9 Å². The molecule has 0 radical (unpaired) electrons. The SMILES string of the molecule is COCc1nc(-c2ccc3c(c2)CN(C)C3=O)nn1C. The number of hydrogen-bond acceptors (Lipinski definition) is 4. The molecular formula is C14H16N4O2. The lowest BCUT2D eigenvalue weighted by atomic mass is 10.1. The Hall–Kier alpha value is -2.21. The maximum absolute atomic E-state index is 11.9.